The van der Waals surface area contributed by atoms with E-state index in [1.807, 2.05) is 0 Å². The third kappa shape index (κ3) is 4.69. The summed E-state index contributed by atoms with van der Waals surface area (Å²) in [4.78, 5) is 24.8. The minimum Gasteiger partial charge on any atom is -0.360 e. The number of rotatable bonds is 5. The van der Waals surface area contributed by atoms with E-state index in [0.717, 1.165) is 70.0 Å². The molecule has 0 aromatic carbocycles. The average Bonchev–Trinajstić information content (AvgIpc) is 3.40. The van der Waals surface area contributed by atoms with Crippen molar-refractivity contribution in [2.24, 2.45) is 11.7 Å². The summed E-state index contributed by atoms with van der Waals surface area (Å²) in [5.74, 6) is 1.35. The van der Waals surface area contributed by atoms with Crippen LogP contribution in [-0.4, -0.2) is 35.1 Å². The lowest BCUT2D eigenvalue weighted by Gasteiger charge is -2.32. The number of carbonyl (C=O) groups excluding carboxylic acids is 2. The average molecular weight is 374 g/mol. The van der Waals surface area contributed by atoms with Gasteiger partial charge < -0.3 is 20.9 Å². The lowest BCUT2D eigenvalue weighted by atomic mass is 9.84. The second-order valence-electron chi connectivity index (χ2n) is 8.54. The maximum absolute atomic E-state index is 12.5. The van der Waals surface area contributed by atoms with Gasteiger partial charge in [0.05, 0.1) is 0 Å². The maximum Gasteiger partial charge on any atom is 0.273 e. The zero-order valence-electron chi connectivity index (χ0n) is 15.8. The van der Waals surface area contributed by atoms with Gasteiger partial charge in [-0.3, -0.25) is 9.59 Å². The van der Waals surface area contributed by atoms with Crippen molar-refractivity contribution in [3.63, 3.8) is 0 Å². The van der Waals surface area contributed by atoms with Gasteiger partial charge in [-0.05, 0) is 57.8 Å². The molecule has 4 N–H and O–H groups in total. The van der Waals surface area contributed by atoms with Gasteiger partial charge in [-0.25, -0.2) is 0 Å². The van der Waals surface area contributed by atoms with Crippen molar-refractivity contribution < 1.29 is 14.1 Å². The molecule has 0 saturated heterocycles. The van der Waals surface area contributed by atoms with Crippen molar-refractivity contribution in [3.8, 4) is 0 Å². The van der Waals surface area contributed by atoms with Gasteiger partial charge >= 0.3 is 0 Å². The number of nitrogens with one attached hydrogen (secondary N) is 2. The Kier molecular flexibility index (Phi) is 5.48. The van der Waals surface area contributed by atoms with Crippen molar-refractivity contribution in [2.75, 3.05) is 0 Å². The Hall–Kier alpha value is -1.89. The summed E-state index contributed by atoms with van der Waals surface area (Å²) in [6.07, 6.45) is 9.59. The van der Waals surface area contributed by atoms with Gasteiger partial charge in [-0.2, -0.15) is 0 Å². The van der Waals surface area contributed by atoms with Gasteiger partial charge in [0.2, 0.25) is 5.91 Å². The number of amides is 2. The van der Waals surface area contributed by atoms with Gasteiger partial charge in [-0.1, -0.05) is 11.6 Å². The Morgan fingerprint density at radius 1 is 1.00 bits per heavy atom. The van der Waals surface area contributed by atoms with Crippen LogP contribution in [0.15, 0.2) is 10.6 Å². The molecule has 3 saturated carbocycles. The van der Waals surface area contributed by atoms with E-state index in [0.29, 0.717) is 11.6 Å². The zero-order valence-corrected chi connectivity index (χ0v) is 15.8. The molecule has 4 rings (SSSR count). The lowest BCUT2D eigenvalue weighted by Crippen LogP contribution is -2.46. The zero-order chi connectivity index (χ0) is 18.8. The first-order chi connectivity index (χ1) is 13.1. The molecule has 2 amide bonds. The SMILES string of the molecule is N[C@H]1CCC[C@H](C(=O)NC2CCC(NC(=O)c3cc(C4CC4)on3)CC2)C1. The van der Waals surface area contributed by atoms with Crippen molar-refractivity contribution in [2.45, 2.75) is 88.3 Å². The summed E-state index contributed by atoms with van der Waals surface area (Å²) >= 11 is 0. The van der Waals surface area contributed by atoms with E-state index in [1.54, 1.807) is 6.07 Å². The van der Waals surface area contributed by atoms with Crippen LogP contribution in [0.5, 0.6) is 0 Å². The van der Waals surface area contributed by atoms with E-state index < -0.39 is 0 Å². The first-order valence-corrected chi connectivity index (χ1v) is 10.4. The van der Waals surface area contributed by atoms with Crippen LogP contribution in [0.1, 0.15) is 86.4 Å². The fourth-order valence-electron chi connectivity index (χ4n) is 4.38. The molecule has 3 fully saturated rings. The second kappa shape index (κ2) is 8.00. The summed E-state index contributed by atoms with van der Waals surface area (Å²) < 4.78 is 5.26. The van der Waals surface area contributed by atoms with E-state index >= 15 is 0 Å². The fourth-order valence-corrected chi connectivity index (χ4v) is 4.38. The van der Waals surface area contributed by atoms with Gasteiger partial charge in [0.15, 0.2) is 5.69 Å². The van der Waals surface area contributed by atoms with E-state index in [4.69, 9.17) is 10.3 Å². The largest absolute Gasteiger partial charge is 0.360 e. The van der Waals surface area contributed by atoms with E-state index in [2.05, 4.69) is 15.8 Å². The summed E-state index contributed by atoms with van der Waals surface area (Å²) in [7, 11) is 0. The van der Waals surface area contributed by atoms with Crippen LogP contribution in [0.2, 0.25) is 0 Å². The minimum absolute atomic E-state index is 0.0685. The number of aromatic nitrogens is 1. The van der Waals surface area contributed by atoms with Crippen molar-refractivity contribution in [3.05, 3.63) is 17.5 Å². The molecule has 3 aliphatic carbocycles. The second-order valence-corrected chi connectivity index (χ2v) is 8.54. The fraction of sp³-hybridized carbons (Fsp3) is 0.750. The molecule has 1 aromatic heterocycles. The molecule has 7 heteroatoms. The summed E-state index contributed by atoms with van der Waals surface area (Å²) in [6, 6.07) is 2.28. The Morgan fingerprint density at radius 3 is 2.37 bits per heavy atom. The van der Waals surface area contributed by atoms with Crippen LogP contribution in [0.3, 0.4) is 0 Å². The Morgan fingerprint density at radius 2 is 1.70 bits per heavy atom. The number of nitrogens with zero attached hydrogens (tertiary/aromatic N) is 1. The molecule has 27 heavy (non-hydrogen) atoms. The smallest absolute Gasteiger partial charge is 0.273 e. The first kappa shape index (κ1) is 18.5. The standard InChI is InChI=1S/C20H30N4O3/c21-14-3-1-2-13(10-14)19(25)22-15-6-8-16(9-7-15)23-20(26)17-11-18(27-24-17)12-4-5-12/h11-16H,1-10,21H2,(H,22,25)(H,23,26)/t13-,14-,15?,16?/m0/s1. The van der Waals surface area contributed by atoms with E-state index in [1.165, 1.54) is 0 Å². The Balaban J connectivity index is 1.20. The molecule has 0 bridgehead atoms. The topological polar surface area (TPSA) is 110 Å². The van der Waals surface area contributed by atoms with Gasteiger partial charge in [0, 0.05) is 36.0 Å². The van der Waals surface area contributed by atoms with Crippen LogP contribution in [-0.2, 0) is 4.79 Å². The molecular formula is C20H30N4O3. The van der Waals surface area contributed by atoms with Gasteiger partial charge in [0.1, 0.15) is 5.76 Å². The normalized spacial score (nSPS) is 31.3. The molecular weight excluding hydrogens is 344 g/mol. The highest BCUT2D eigenvalue weighted by molar-refractivity contribution is 5.92. The highest BCUT2D eigenvalue weighted by atomic mass is 16.5. The number of nitrogens with two attached hydrogens (primary N) is 1. The lowest BCUT2D eigenvalue weighted by molar-refractivity contribution is -0.127. The molecule has 0 unspecified atom stereocenters. The van der Waals surface area contributed by atoms with Crippen LogP contribution in [0, 0.1) is 5.92 Å². The van der Waals surface area contributed by atoms with E-state index in [-0.39, 0.29) is 35.9 Å². The quantitative estimate of drug-likeness (QED) is 0.732. The number of hydrogen-bond donors (Lipinski definition) is 3. The number of carbonyl (C=O) groups is 2. The molecule has 1 aromatic rings. The van der Waals surface area contributed by atoms with Gasteiger partial charge in [-0.15, -0.1) is 0 Å². The van der Waals surface area contributed by atoms with Crippen molar-refractivity contribution in [1.29, 1.82) is 0 Å². The summed E-state index contributed by atoms with van der Waals surface area (Å²) in [6.45, 7) is 0. The van der Waals surface area contributed by atoms with E-state index in [9.17, 15) is 9.59 Å². The minimum atomic E-state index is -0.158. The number of hydrogen-bond acceptors (Lipinski definition) is 5. The third-order valence-electron chi connectivity index (χ3n) is 6.24. The molecule has 7 nitrogen and oxygen atoms in total. The molecule has 0 radical (unpaired) electrons. The first-order valence-electron chi connectivity index (χ1n) is 10.4. The molecule has 148 valence electrons. The molecule has 0 spiro atoms. The van der Waals surface area contributed by atoms with Crippen LogP contribution in [0.25, 0.3) is 0 Å². The highest BCUT2D eigenvalue weighted by Gasteiger charge is 2.31. The monoisotopic (exact) mass is 374 g/mol. The summed E-state index contributed by atoms with van der Waals surface area (Å²) in [5.41, 5.74) is 6.37. The molecule has 1 heterocycles. The predicted octanol–water partition coefficient (Wildman–Crippen LogP) is 2.23. The maximum atomic E-state index is 12.5. The molecule has 2 atom stereocenters. The van der Waals surface area contributed by atoms with Crippen LogP contribution >= 0.6 is 0 Å². The van der Waals surface area contributed by atoms with Crippen molar-refractivity contribution >= 4 is 11.8 Å². The molecule has 0 aliphatic heterocycles. The Bertz CT molecular complexity index is 677. The third-order valence-corrected chi connectivity index (χ3v) is 6.24. The van der Waals surface area contributed by atoms with Crippen molar-refractivity contribution in [1.82, 2.24) is 15.8 Å². The molecule has 3 aliphatic rings. The predicted molar refractivity (Wildman–Crippen MR) is 100 cm³/mol. The highest BCUT2D eigenvalue weighted by Crippen LogP contribution is 2.40. The van der Waals surface area contributed by atoms with Crippen LogP contribution < -0.4 is 16.4 Å². The van der Waals surface area contributed by atoms with Gasteiger partial charge in [0.25, 0.3) is 5.91 Å². The Labute approximate surface area is 159 Å². The summed E-state index contributed by atoms with van der Waals surface area (Å²) in [5, 5.41) is 10.2. The van der Waals surface area contributed by atoms with Crippen LogP contribution in [0.4, 0.5) is 0 Å².